The van der Waals surface area contributed by atoms with E-state index in [4.69, 9.17) is 63.2 Å². The Morgan fingerprint density at radius 3 is 1.66 bits per heavy atom. The minimum Gasteiger partial charge on any atom is -0.488 e. The molecule has 96 heavy (non-hydrogen) atoms. The fraction of sp³-hybridized carbons (Fsp3) is 0.384. The van der Waals surface area contributed by atoms with E-state index in [1.54, 1.807) is 49.5 Å². The number of nitrogens with zero attached hydrogens (tertiary/aromatic N) is 1. The molecule has 1 unspecified atom stereocenters. The lowest BCUT2D eigenvalue weighted by atomic mass is 9.88. The van der Waals surface area contributed by atoms with Crippen molar-refractivity contribution >= 4 is 51.9 Å². The zero-order valence-corrected chi connectivity index (χ0v) is 54.9. The number of aromatic nitrogens is 2. The Kier molecular flexibility index (Phi) is 19.8. The number of fused-ring (bicyclic) bond motifs is 6. The Morgan fingerprint density at radius 1 is 0.542 bits per heavy atom. The number of halogens is 3. The molecule has 1 aliphatic carbocycles. The minimum atomic E-state index is -1.44. The third kappa shape index (κ3) is 14.0. The Hall–Kier alpha value is -6.90. The van der Waals surface area contributed by atoms with Crippen LogP contribution in [-0.2, 0) is 40.1 Å². The standard InChI is InChI=1S/C25H24ClNO5.C24H25ClN2O5.C24H28ClNO6/c1-13-22(28)23(29)24(30)25(31-13)15-7-8-17(26)16(12-15)10-14-6-9-21-19(11-14)27-18-4-2-3-5-20(18)32-21;1-2-18-21(28)22(29)23(30)24(32-18)13-4-5-17(25)14(9-13)7-12-3-6-19-16(8-12)20-15(11-31-19)10-26-27-20;1-12(27)22-20(29)19(28)21(30)23(31-22)14-3-4-16(25)15(10-14)8-13-2-5-18-17(9-13)26-11-24(32-18)6-7-24/h2-9,11-13,22-25,27-30H,10H2,1H3;3-6,8-10,18,21-24,28-30H,2,7,11H2,1H3,(H,26,27);2-5,9-10,12,19-23,26-30H,6-8,11H2,1H3/t13-,22-,23+,24-,25+;18-,21-,22+,23-,24+;12?,19-,20-,21+,22+,23-/m110/s1. The predicted molar refractivity (Wildman–Crippen MR) is 359 cm³/mol. The molecule has 506 valence electrons. The highest BCUT2D eigenvalue weighted by molar-refractivity contribution is 6.32. The number of anilines is 3. The summed E-state index contributed by atoms with van der Waals surface area (Å²) in [5.41, 5.74) is 13.4. The number of ether oxygens (including phenoxy) is 6. The SMILES string of the molecule is CC(O)[C@H]1O[C@@H](c2ccc(Cl)c(Cc3ccc4c(c3)NCC3(CC3)O4)c2)[C@H](O)[C@@H](O)[C@@H]1O.CC[C@H]1O[C@@H](c2ccc(Cl)c(Cc3ccc4c(c3)-c3[nH]ncc3CO4)c2)[C@H](O)[C@@H](O)[C@@H]1O.C[C@H]1O[C@@H](c2ccc(Cl)c(Cc3ccc4c(c3)Nc3ccccc3O4)c2)[C@H](O)[C@@H](O)[C@@H]1O. The molecule has 4 fully saturated rings. The molecule has 0 amide bonds. The van der Waals surface area contributed by atoms with Gasteiger partial charge in [0.1, 0.15) is 103 Å². The van der Waals surface area contributed by atoms with E-state index in [0.717, 1.165) is 110 Å². The van der Waals surface area contributed by atoms with Gasteiger partial charge in [-0.2, -0.15) is 5.10 Å². The molecular formula is C73H77Cl3N4O16. The third-order valence-electron chi connectivity index (χ3n) is 19.1. The molecule has 3 saturated heterocycles. The number of hydrogen-bond acceptors (Lipinski definition) is 19. The molecule has 0 bridgehead atoms. The molecule has 1 spiro atoms. The Labute approximate surface area is 569 Å². The molecule has 13 N–H and O–H groups in total. The van der Waals surface area contributed by atoms with Crippen LogP contribution in [0.3, 0.4) is 0 Å². The Morgan fingerprint density at radius 2 is 1.06 bits per heavy atom. The quantitative estimate of drug-likeness (QED) is 0.0573. The maximum atomic E-state index is 10.5. The van der Waals surface area contributed by atoms with Crippen molar-refractivity contribution in [1.82, 2.24) is 10.2 Å². The lowest BCUT2D eigenvalue weighted by Gasteiger charge is -2.42. The van der Waals surface area contributed by atoms with Crippen LogP contribution in [0.4, 0.5) is 17.1 Å². The molecule has 23 heteroatoms. The van der Waals surface area contributed by atoms with Crippen LogP contribution in [0.15, 0.2) is 140 Å². The molecule has 8 aromatic rings. The van der Waals surface area contributed by atoms with E-state index in [1.165, 1.54) is 6.92 Å². The zero-order chi connectivity index (χ0) is 67.4. The number of aliphatic hydroxyl groups excluding tert-OH is 10. The van der Waals surface area contributed by atoms with E-state index >= 15 is 0 Å². The summed E-state index contributed by atoms with van der Waals surface area (Å²) in [5, 5.41) is 118. The number of rotatable bonds is 11. The molecule has 15 rings (SSSR count). The normalized spacial score (nSPS) is 28.2. The highest BCUT2D eigenvalue weighted by Gasteiger charge is 2.49. The average Bonchev–Trinajstić information content (AvgIpc) is 1.79. The van der Waals surface area contributed by atoms with Crippen LogP contribution in [0, 0.1) is 0 Å². The van der Waals surface area contributed by atoms with Gasteiger partial charge in [0, 0.05) is 26.2 Å². The topological polar surface area (TPSA) is 310 Å². The molecule has 1 saturated carbocycles. The van der Waals surface area contributed by atoms with Crippen LogP contribution in [0.5, 0.6) is 23.0 Å². The van der Waals surface area contributed by atoms with Gasteiger partial charge in [-0.05, 0) is 169 Å². The van der Waals surface area contributed by atoms with E-state index in [2.05, 4.69) is 33.0 Å². The average molecular weight is 1370 g/mol. The largest absolute Gasteiger partial charge is 0.488 e. The fourth-order valence-corrected chi connectivity index (χ4v) is 13.9. The first-order valence-electron chi connectivity index (χ1n) is 32.3. The maximum Gasteiger partial charge on any atom is 0.150 e. The molecule has 7 aliphatic rings. The second-order valence-electron chi connectivity index (χ2n) is 25.9. The van der Waals surface area contributed by atoms with Crippen molar-refractivity contribution in [2.24, 2.45) is 0 Å². The third-order valence-corrected chi connectivity index (χ3v) is 20.2. The minimum absolute atomic E-state index is 0.0188. The van der Waals surface area contributed by atoms with Crippen molar-refractivity contribution in [2.75, 3.05) is 17.2 Å². The smallest absolute Gasteiger partial charge is 0.150 e. The van der Waals surface area contributed by atoms with Gasteiger partial charge < -0.3 is 90.1 Å². The molecule has 0 radical (unpaired) electrons. The number of H-pyrrole nitrogens is 1. The number of nitrogens with one attached hydrogen (secondary N) is 3. The Bertz CT molecular complexity index is 4120. The number of benzene rings is 7. The van der Waals surface area contributed by atoms with Crippen LogP contribution in [-0.4, -0.2) is 153 Å². The summed E-state index contributed by atoms with van der Waals surface area (Å²) in [7, 11) is 0. The molecule has 16 atom stereocenters. The molecule has 6 aliphatic heterocycles. The first-order valence-corrected chi connectivity index (χ1v) is 33.4. The zero-order valence-electron chi connectivity index (χ0n) is 52.7. The summed E-state index contributed by atoms with van der Waals surface area (Å²) in [5.74, 6) is 3.22. The second kappa shape index (κ2) is 28.1. The summed E-state index contributed by atoms with van der Waals surface area (Å²) in [6, 6.07) is 41.9. The van der Waals surface area contributed by atoms with Crippen molar-refractivity contribution < 1.29 is 79.5 Å². The second-order valence-corrected chi connectivity index (χ2v) is 27.2. The van der Waals surface area contributed by atoms with Crippen molar-refractivity contribution in [3.63, 3.8) is 0 Å². The first kappa shape index (κ1) is 67.7. The van der Waals surface area contributed by atoms with Crippen molar-refractivity contribution in [2.45, 2.75) is 169 Å². The van der Waals surface area contributed by atoms with Crippen molar-refractivity contribution in [3.05, 3.63) is 210 Å². The molecule has 7 heterocycles. The molecule has 7 aromatic carbocycles. The lowest BCUT2D eigenvalue weighted by Crippen LogP contribution is -2.57. The Balaban J connectivity index is 0.000000130. The fourth-order valence-electron chi connectivity index (χ4n) is 13.3. The van der Waals surface area contributed by atoms with Gasteiger partial charge in [-0.25, -0.2) is 0 Å². The van der Waals surface area contributed by atoms with Crippen LogP contribution in [0.2, 0.25) is 15.1 Å². The van der Waals surface area contributed by atoms with Gasteiger partial charge in [-0.15, -0.1) is 0 Å². The summed E-state index contributed by atoms with van der Waals surface area (Å²) in [4.78, 5) is 0. The van der Waals surface area contributed by atoms with Crippen LogP contribution in [0.25, 0.3) is 11.3 Å². The van der Waals surface area contributed by atoms with E-state index in [1.807, 2.05) is 91.9 Å². The highest BCUT2D eigenvalue weighted by Crippen LogP contribution is 2.48. The number of aromatic amines is 1. The number of hydrogen-bond donors (Lipinski definition) is 13. The lowest BCUT2D eigenvalue weighted by molar-refractivity contribution is -0.243. The summed E-state index contributed by atoms with van der Waals surface area (Å²) in [6.07, 6.45) is -10.9. The molecular weight excluding hydrogens is 1300 g/mol. The highest BCUT2D eigenvalue weighted by atomic mass is 35.5. The first-order chi connectivity index (χ1) is 46.1. The number of para-hydroxylation sites is 2. The van der Waals surface area contributed by atoms with Crippen LogP contribution >= 0.6 is 34.8 Å². The van der Waals surface area contributed by atoms with Gasteiger partial charge in [0.2, 0.25) is 0 Å². The molecule has 20 nitrogen and oxygen atoms in total. The van der Waals surface area contributed by atoms with E-state index in [9.17, 15) is 51.1 Å². The van der Waals surface area contributed by atoms with Crippen molar-refractivity contribution in [1.29, 1.82) is 0 Å². The van der Waals surface area contributed by atoms with Gasteiger partial charge in [-0.3, -0.25) is 5.10 Å². The van der Waals surface area contributed by atoms with E-state index in [0.29, 0.717) is 64.0 Å². The van der Waals surface area contributed by atoms with Gasteiger partial charge in [0.25, 0.3) is 0 Å². The molecule has 1 aromatic heterocycles. The summed E-state index contributed by atoms with van der Waals surface area (Å²) < 4.78 is 35.4. The predicted octanol–water partition coefficient (Wildman–Crippen LogP) is 9.64. The maximum absolute atomic E-state index is 10.5. The van der Waals surface area contributed by atoms with Gasteiger partial charge in [-0.1, -0.05) is 108 Å². The van der Waals surface area contributed by atoms with Gasteiger partial charge in [0.15, 0.2) is 11.5 Å². The van der Waals surface area contributed by atoms with Gasteiger partial charge >= 0.3 is 0 Å². The van der Waals surface area contributed by atoms with Gasteiger partial charge in [0.05, 0.1) is 53.8 Å². The van der Waals surface area contributed by atoms with Crippen LogP contribution in [0.1, 0.15) is 114 Å². The monoisotopic (exact) mass is 1370 g/mol. The number of aliphatic hydroxyl groups is 10. The van der Waals surface area contributed by atoms with Crippen LogP contribution < -0.4 is 24.8 Å². The van der Waals surface area contributed by atoms with E-state index < -0.39 is 97.7 Å². The summed E-state index contributed by atoms with van der Waals surface area (Å²) in [6.45, 7) is 6.32. The summed E-state index contributed by atoms with van der Waals surface area (Å²) >= 11 is 19.5. The van der Waals surface area contributed by atoms with Crippen molar-refractivity contribution in [3.8, 4) is 34.3 Å². The van der Waals surface area contributed by atoms with E-state index in [-0.39, 0.29) is 5.60 Å².